The lowest BCUT2D eigenvalue weighted by Gasteiger charge is -2.17. The summed E-state index contributed by atoms with van der Waals surface area (Å²) in [7, 11) is 0. The van der Waals surface area contributed by atoms with E-state index >= 15 is 0 Å². The number of benzene rings is 3. The molecule has 1 heterocycles. The number of ether oxygens (including phenoxy) is 2. The Balaban J connectivity index is 1.51. The molecule has 1 amide bonds. The van der Waals surface area contributed by atoms with Gasteiger partial charge in [0.2, 0.25) is 0 Å². The van der Waals surface area contributed by atoms with Crippen molar-refractivity contribution in [3.63, 3.8) is 0 Å². The zero-order valence-corrected chi connectivity index (χ0v) is 19.6. The van der Waals surface area contributed by atoms with Crippen LogP contribution < -0.4 is 15.7 Å². The van der Waals surface area contributed by atoms with E-state index in [0.717, 1.165) is 11.1 Å². The van der Waals surface area contributed by atoms with Crippen molar-refractivity contribution < 1.29 is 23.5 Å². The van der Waals surface area contributed by atoms with Crippen molar-refractivity contribution in [1.82, 2.24) is 5.32 Å². The van der Waals surface area contributed by atoms with Gasteiger partial charge in [-0.25, -0.2) is 14.4 Å². The van der Waals surface area contributed by atoms with E-state index in [1.165, 1.54) is 12.1 Å². The summed E-state index contributed by atoms with van der Waals surface area (Å²) in [6, 6.07) is 21.9. The fraction of sp³-hybridized carbons (Fsp3) is 0.148. The first-order chi connectivity index (χ1) is 16.9. The monoisotopic (exact) mass is 491 g/mol. The molecule has 0 fully saturated rings. The van der Waals surface area contributed by atoms with Gasteiger partial charge in [-0.15, -0.1) is 0 Å². The Morgan fingerprint density at radius 2 is 1.69 bits per heavy atom. The highest BCUT2D eigenvalue weighted by atomic mass is 35.5. The minimum absolute atomic E-state index is 0.00966. The summed E-state index contributed by atoms with van der Waals surface area (Å²) in [5, 5.41) is 3.25. The summed E-state index contributed by atoms with van der Waals surface area (Å²) in [6.45, 7) is 1.79. The van der Waals surface area contributed by atoms with Crippen LogP contribution in [0.25, 0.3) is 22.1 Å². The second-order valence-corrected chi connectivity index (χ2v) is 8.12. The molecule has 35 heavy (non-hydrogen) atoms. The van der Waals surface area contributed by atoms with Crippen LogP contribution in [-0.4, -0.2) is 18.1 Å². The van der Waals surface area contributed by atoms with Gasteiger partial charge in [0.15, 0.2) is 5.75 Å². The highest BCUT2D eigenvalue weighted by Crippen LogP contribution is 2.35. The highest BCUT2D eigenvalue weighted by Gasteiger charge is 2.23. The van der Waals surface area contributed by atoms with Gasteiger partial charge in [-0.1, -0.05) is 79.2 Å². The Hall–Kier alpha value is -4.10. The molecule has 7 nitrogen and oxygen atoms in total. The van der Waals surface area contributed by atoms with E-state index in [1.54, 1.807) is 13.0 Å². The van der Waals surface area contributed by atoms with E-state index in [2.05, 4.69) is 5.32 Å². The second-order valence-electron chi connectivity index (χ2n) is 7.71. The molecule has 8 heteroatoms. The largest absolute Gasteiger partial charge is 0.445 e. The minimum Gasteiger partial charge on any atom is -0.445 e. The molecular weight excluding hydrogens is 470 g/mol. The van der Waals surface area contributed by atoms with Gasteiger partial charge in [0, 0.05) is 17.5 Å². The van der Waals surface area contributed by atoms with Crippen LogP contribution in [0.15, 0.2) is 88.1 Å². The van der Waals surface area contributed by atoms with Crippen molar-refractivity contribution in [3.8, 4) is 16.9 Å². The Morgan fingerprint density at radius 3 is 2.37 bits per heavy atom. The molecule has 0 aliphatic rings. The quantitative estimate of drug-likeness (QED) is 0.202. The molecule has 3 aromatic carbocycles. The summed E-state index contributed by atoms with van der Waals surface area (Å²) in [6.07, 6.45) is -0.488. The normalized spacial score (nSPS) is 11.6. The molecule has 4 aromatic rings. The average Bonchev–Trinajstić information content (AvgIpc) is 2.87. The van der Waals surface area contributed by atoms with Crippen molar-refractivity contribution in [2.75, 3.05) is 0 Å². The summed E-state index contributed by atoms with van der Waals surface area (Å²) in [5.41, 5.74) is 1.94. The maximum Gasteiger partial charge on any atom is 0.408 e. The lowest BCUT2D eigenvalue weighted by molar-refractivity contribution is -0.136. The Bertz CT molecular complexity index is 1400. The van der Waals surface area contributed by atoms with Crippen LogP contribution in [0.5, 0.6) is 5.75 Å². The summed E-state index contributed by atoms with van der Waals surface area (Å²) >= 11 is 6.41. The summed E-state index contributed by atoms with van der Waals surface area (Å²) < 4.78 is 16.0. The van der Waals surface area contributed by atoms with Crippen LogP contribution >= 0.6 is 11.6 Å². The number of alkyl carbamates (subject to hydrolysis) is 1. The zero-order chi connectivity index (χ0) is 24.8. The fourth-order valence-electron chi connectivity index (χ4n) is 3.51. The lowest BCUT2D eigenvalue weighted by Crippen LogP contribution is -2.42. The maximum absolute atomic E-state index is 12.8. The van der Waals surface area contributed by atoms with Gasteiger partial charge in [-0.3, -0.25) is 0 Å². The number of halogens is 1. The third-order valence-electron chi connectivity index (χ3n) is 5.29. The molecule has 0 saturated heterocycles. The molecule has 0 radical (unpaired) electrons. The van der Waals surface area contributed by atoms with Crippen molar-refractivity contribution in [2.24, 2.45) is 0 Å². The van der Waals surface area contributed by atoms with Gasteiger partial charge in [0.25, 0.3) is 0 Å². The molecule has 0 saturated carbocycles. The van der Waals surface area contributed by atoms with Crippen LogP contribution in [-0.2, 0) is 16.1 Å². The third kappa shape index (κ3) is 5.88. The van der Waals surface area contributed by atoms with Crippen LogP contribution in [0.1, 0.15) is 18.9 Å². The van der Waals surface area contributed by atoms with Crippen LogP contribution in [0.4, 0.5) is 4.79 Å². The minimum atomic E-state index is -0.965. The van der Waals surface area contributed by atoms with Crippen LogP contribution in [0, 0.1) is 0 Å². The van der Waals surface area contributed by atoms with Crippen molar-refractivity contribution in [1.29, 1.82) is 0 Å². The number of fused-ring (bicyclic) bond motifs is 1. The van der Waals surface area contributed by atoms with Gasteiger partial charge in [0.05, 0.1) is 5.02 Å². The molecule has 1 aromatic heterocycles. The standard InChI is InChI=1S/C27H22ClNO6/c1-2-22(29-27(32)33-16-17-9-5-3-6-10-17)26(31)35-24-15-23-20(13-21(24)28)19(14-25(30)34-23)18-11-7-4-8-12-18/h3-15,22H,2,16H2,1H3,(H,29,32). The molecule has 0 spiro atoms. The van der Waals surface area contributed by atoms with Crippen molar-refractivity contribution >= 4 is 34.6 Å². The maximum atomic E-state index is 12.8. The Labute approximate surface area is 206 Å². The topological polar surface area (TPSA) is 94.8 Å². The number of rotatable bonds is 7. The van der Waals surface area contributed by atoms with Gasteiger partial charge in [-0.2, -0.15) is 0 Å². The third-order valence-corrected chi connectivity index (χ3v) is 5.59. The second kappa shape index (κ2) is 10.9. The molecule has 1 N–H and O–H groups in total. The first-order valence-corrected chi connectivity index (χ1v) is 11.3. The molecule has 1 unspecified atom stereocenters. The van der Waals surface area contributed by atoms with E-state index in [9.17, 15) is 14.4 Å². The Kier molecular flexibility index (Phi) is 7.48. The SMILES string of the molecule is CCC(NC(=O)OCc1ccccc1)C(=O)Oc1cc2oc(=O)cc(-c3ccccc3)c2cc1Cl. The summed E-state index contributed by atoms with van der Waals surface area (Å²) in [5.74, 6) is -0.720. The molecular formula is C27H22ClNO6. The molecule has 178 valence electrons. The molecule has 1 atom stereocenters. The van der Waals surface area contributed by atoms with Gasteiger partial charge in [-0.05, 0) is 29.2 Å². The van der Waals surface area contributed by atoms with Crippen LogP contribution in [0.2, 0.25) is 5.02 Å². The molecule has 0 aliphatic heterocycles. The molecule has 0 aliphatic carbocycles. The number of carbonyl (C=O) groups is 2. The average molecular weight is 492 g/mol. The fourth-order valence-corrected chi connectivity index (χ4v) is 3.71. The van der Waals surface area contributed by atoms with Crippen molar-refractivity contribution in [2.45, 2.75) is 26.0 Å². The van der Waals surface area contributed by atoms with E-state index < -0.39 is 23.7 Å². The van der Waals surface area contributed by atoms with E-state index in [-0.39, 0.29) is 29.4 Å². The van der Waals surface area contributed by atoms with E-state index in [0.29, 0.717) is 10.9 Å². The zero-order valence-electron chi connectivity index (χ0n) is 18.8. The van der Waals surface area contributed by atoms with Gasteiger partial charge >= 0.3 is 17.7 Å². The number of amides is 1. The number of carbonyl (C=O) groups excluding carboxylic acids is 2. The lowest BCUT2D eigenvalue weighted by atomic mass is 10.0. The Morgan fingerprint density at radius 1 is 1.00 bits per heavy atom. The van der Waals surface area contributed by atoms with Gasteiger partial charge < -0.3 is 19.2 Å². The molecule has 4 rings (SSSR count). The van der Waals surface area contributed by atoms with Gasteiger partial charge in [0.1, 0.15) is 18.2 Å². The first kappa shape index (κ1) is 24.0. The van der Waals surface area contributed by atoms with E-state index in [1.807, 2.05) is 60.7 Å². The molecule has 0 bridgehead atoms. The smallest absolute Gasteiger partial charge is 0.408 e. The number of hydrogen-bond donors (Lipinski definition) is 1. The van der Waals surface area contributed by atoms with E-state index in [4.69, 9.17) is 25.5 Å². The first-order valence-electron chi connectivity index (χ1n) is 11.0. The van der Waals surface area contributed by atoms with Crippen molar-refractivity contribution in [3.05, 3.63) is 99.9 Å². The summed E-state index contributed by atoms with van der Waals surface area (Å²) in [4.78, 5) is 37.1. The van der Waals surface area contributed by atoms with Crippen LogP contribution in [0.3, 0.4) is 0 Å². The number of hydrogen-bond acceptors (Lipinski definition) is 6. The number of esters is 1. The predicted octanol–water partition coefficient (Wildman–Crippen LogP) is 5.72. The number of nitrogens with one attached hydrogen (secondary N) is 1. The predicted molar refractivity (Wildman–Crippen MR) is 132 cm³/mol. The highest BCUT2D eigenvalue weighted by molar-refractivity contribution is 6.33.